The Balaban J connectivity index is 1.80. The Kier molecular flexibility index (Phi) is 2.78. The minimum Gasteiger partial charge on any atom is -0.334 e. The van der Waals surface area contributed by atoms with Crippen molar-refractivity contribution in [2.24, 2.45) is 12.5 Å². The molecular formula is C14H18N4O. The fraction of sp³-hybridized carbons (Fsp3) is 0.429. The third-order valence-corrected chi connectivity index (χ3v) is 3.83. The highest BCUT2D eigenvalue weighted by atomic mass is 16.2. The predicted molar refractivity (Wildman–Crippen MR) is 74.9 cm³/mol. The molecule has 0 aliphatic heterocycles. The van der Waals surface area contributed by atoms with Crippen molar-refractivity contribution in [1.82, 2.24) is 14.9 Å². The van der Waals surface area contributed by atoms with Gasteiger partial charge in [0.2, 0.25) is 5.91 Å². The Morgan fingerprint density at radius 1 is 1.47 bits per heavy atom. The quantitative estimate of drug-likeness (QED) is 0.874. The van der Waals surface area contributed by atoms with Crippen molar-refractivity contribution in [3.63, 3.8) is 0 Å². The topological polar surface area (TPSA) is 59.0 Å². The lowest BCUT2D eigenvalue weighted by Gasteiger charge is -2.14. The summed E-state index contributed by atoms with van der Waals surface area (Å²) in [7, 11) is 3.84. The smallest absolute Gasteiger partial charge is 0.231 e. The summed E-state index contributed by atoms with van der Waals surface area (Å²) in [4.78, 5) is 16.6. The number of anilines is 1. The van der Waals surface area contributed by atoms with Gasteiger partial charge in [-0.1, -0.05) is 0 Å². The lowest BCUT2D eigenvalue weighted by Crippen LogP contribution is -2.32. The third-order valence-electron chi connectivity index (χ3n) is 3.83. The number of imidazole rings is 1. The second-order valence-electron chi connectivity index (χ2n) is 5.32. The van der Waals surface area contributed by atoms with E-state index in [1.807, 2.05) is 36.9 Å². The van der Waals surface area contributed by atoms with Gasteiger partial charge in [-0.05, 0) is 38.1 Å². The number of aryl methyl sites for hydroxylation is 1. The number of fused-ring (bicyclic) bond motifs is 1. The monoisotopic (exact) mass is 258 g/mol. The van der Waals surface area contributed by atoms with Crippen molar-refractivity contribution in [2.75, 3.05) is 18.9 Å². The van der Waals surface area contributed by atoms with Crippen molar-refractivity contribution in [2.45, 2.75) is 12.8 Å². The normalized spacial score (nSPS) is 16.5. The molecule has 19 heavy (non-hydrogen) atoms. The van der Waals surface area contributed by atoms with Crippen LogP contribution in [0.2, 0.25) is 0 Å². The molecule has 1 saturated carbocycles. The van der Waals surface area contributed by atoms with Crippen molar-refractivity contribution >= 4 is 22.6 Å². The van der Waals surface area contributed by atoms with E-state index in [2.05, 4.69) is 15.6 Å². The Morgan fingerprint density at radius 2 is 2.26 bits per heavy atom. The summed E-state index contributed by atoms with van der Waals surface area (Å²) < 4.78 is 1.96. The number of nitrogens with one attached hydrogen (secondary N) is 2. The molecule has 1 fully saturated rings. The molecule has 0 spiro atoms. The predicted octanol–water partition coefficient (Wildman–Crippen LogP) is 1.51. The molecule has 0 bridgehead atoms. The van der Waals surface area contributed by atoms with Crippen LogP contribution in [0.15, 0.2) is 24.5 Å². The van der Waals surface area contributed by atoms with Gasteiger partial charge in [0.1, 0.15) is 0 Å². The molecular weight excluding hydrogens is 240 g/mol. The Bertz CT molecular complexity index is 627. The van der Waals surface area contributed by atoms with E-state index in [1.165, 1.54) is 0 Å². The van der Waals surface area contributed by atoms with E-state index in [-0.39, 0.29) is 11.3 Å². The number of benzene rings is 1. The molecule has 0 atom stereocenters. The minimum atomic E-state index is -0.201. The average molecular weight is 258 g/mol. The first-order valence-corrected chi connectivity index (χ1v) is 6.52. The third kappa shape index (κ3) is 2.10. The molecule has 0 saturated heterocycles. The van der Waals surface area contributed by atoms with Gasteiger partial charge in [0, 0.05) is 19.3 Å². The number of carbonyl (C=O) groups excluding carboxylic acids is 1. The van der Waals surface area contributed by atoms with Crippen LogP contribution in [0, 0.1) is 5.41 Å². The van der Waals surface area contributed by atoms with Gasteiger partial charge in [0.25, 0.3) is 0 Å². The van der Waals surface area contributed by atoms with Gasteiger partial charge in [-0.15, -0.1) is 0 Å². The van der Waals surface area contributed by atoms with E-state index >= 15 is 0 Å². The van der Waals surface area contributed by atoms with Gasteiger partial charge in [-0.2, -0.15) is 0 Å². The van der Waals surface area contributed by atoms with Crippen LogP contribution in [0.3, 0.4) is 0 Å². The number of hydrogen-bond donors (Lipinski definition) is 2. The summed E-state index contributed by atoms with van der Waals surface area (Å²) in [6.07, 6.45) is 3.71. The van der Waals surface area contributed by atoms with Crippen LogP contribution in [0.5, 0.6) is 0 Å². The number of rotatable bonds is 4. The number of amides is 1. The zero-order chi connectivity index (χ0) is 13.5. The molecule has 1 aromatic carbocycles. The Morgan fingerprint density at radius 3 is 2.95 bits per heavy atom. The molecule has 2 aromatic rings. The molecule has 3 rings (SSSR count). The molecule has 1 heterocycles. The van der Waals surface area contributed by atoms with Crippen LogP contribution in [0.4, 0.5) is 5.69 Å². The highest BCUT2D eigenvalue weighted by molar-refractivity contribution is 5.98. The van der Waals surface area contributed by atoms with E-state index in [1.54, 1.807) is 6.33 Å². The first-order valence-electron chi connectivity index (χ1n) is 6.52. The average Bonchev–Trinajstić information content (AvgIpc) is 3.09. The van der Waals surface area contributed by atoms with Crippen molar-refractivity contribution < 1.29 is 4.79 Å². The van der Waals surface area contributed by atoms with Crippen LogP contribution in [0.1, 0.15) is 12.8 Å². The van der Waals surface area contributed by atoms with E-state index < -0.39 is 0 Å². The molecule has 100 valence electrons. The van der Waals surface area contributed by atoms with Crippen LogP contribution < -0.4 is 10.6 Å². The first-order chi connectivity index (χ1) is 9.14. The maximum atomic E-state index is 12.3. The molecule has 0 unspecified atom stereocenters. The number of aromatic nitrogens is 2. The van der Waals surface area contributed by atoms with Crippen molar-refractivity contribution in [3.8, 4) is 0 Å². The molecule has 5 nitrogen and oxygen atoms in total. The molecule has 1 amide bonds. The zero-order valence-corrected chi connectivity index (χ0v) is 11.2. The largest absolute Gasteiger partial charge is 0.334 e. The molecule has 1 aliphatic carbocycles. The van der Waals surface area contributed by atoms with E-state index in [0.29, 0.717) is 0 Å². The minimum absolute atomic E-state index is 0.108. The molecule has 1 aliphatic rings. The standard InChI is InChI=1S/C14H18N4O/c1-15-8-14(5-6-14)13(19)17-10-3-4-12-11(7-10)16-9-18(12)2/h3-4,7,9,15H,5-6,8H2,1-2H3,(H,17,19). The lowest BCUT2D eigenvalue weighted by atomic mass is 10.1. The fourth-order valence-corrected chi connectivity index (χ4v) is 2.45. The zero-order valence-electron chi connectivity index (χ0n) is 11.2. The molecule has 0 radical (unpaired) electrons. The highest BCUT2D eigenvalue weighted by Gasteiger charge is 2.49. The lowest BCUT2D eigenvalue weighted by molar-refractivity contribution is -0.120. The first kappa shape index (κ1) is 12.2. The van der Waals surface area contributed by atoms with Crippen molar-refractivity contribution in [3.05, 3.63) is 24.5 Å². The van der Waals surface area contributed by atoms with E-state index in [4.69, 9.17) is 0 Å². The number of nitrogens with zero attached hydrogens (tertiary/aromatic N) is 2. The van der Waals surface area contributed by atoms with Gasteiger partial charge in [0.05, 0.1) is 22.8 Å². The Labute approximate surface area is 112 Å². The molecule has 2 N–H and O–H groups in total. The van der Waals surface area contributed by atoms with Crippen LogP contribution in [-0.4, -0.2) is 29.1 Å². The number of carbonyl (C=O) groups is 1. The van der Waals surface area contributed by atoms with Crippen LogP contribution >= 0.6 is 0 Å². The molecule has 1 aromatic heterocycles. The van der Waals surface area contributed by atoms with E-state index in [9.17, 15) is 4.79 Å². The second-order valence-corrected chi connectivity index (χ2v) is 5.32. The Hall–Kier alpha value is -1.88. The van der Waals surface area contributed by atoms with Crippen LogP contribution in [-0.2, 0) is 11.8 Å². The maximum Gasteiger partial charge on any atom is 0.231 e. The van der Waals surface area contributed by atoms with E-state index in [0.717, 1.165) is 36.1 Å². The maximum absolute atomic E-state index is 12.3. The second kappa shape index (κ2) is 4.35. The molecule has 5 heteroatoms. The van der Waals surface area contributed by atoms with Gasteiger partial charge in [-0.3, -0.25) is 4.79 Å². The SMILES string of the molecule is CNCC1(C(=O)Nc2ccc3c(c2)ncn3C)CC1. The summed E-state index contributed by atoms with van der Waals surface area (Å²) >= 11 is 0. The highest BCUT2D eigenvalue weighted by Crippen LogP contribution is 2.45. The number of hydrogen-bond acceptors (Lipinski definition) is 3. The summed E-state index contributed by atoms with van der Waals surface area (Å²) in [5.74, 6) is 0.108. The van der Waals surface area contributed by atoms with Gasteiger partial charge >= 0.3 is 0 Å². The van der Waals surface area contributed by atoms with Crippen LogP contribution in [0.25, 0.3) is 11.0 Å². The summed E-state index contributed by atoms with van der Waals surface area (Å²) in [5, 5.41) is 6.10. The summed E-state index contributed by atoms with van der Waals surface area (Å²) in [6.45, 7) is 0.741. The van der Waals surface area contributed by atoms with Crippen molar-refractivity contribution in [1.29, 1.82) is 0 Å². The van der Waals surface area contributed by atoms with Gasteiger partial charge < -0.3 is 15.2 Å². The van der Waals surface area contributed by atoms with Gasteiger partial charge in [-0.25, -0.2) is 4.98 Å². The van der Waals surface area contributed by atoms with Gasteiger partial charge in [0.15, 0.2) is 0 Å². The summed E-state index contributed by atoms with van der Waals surface area (Å²) in [5.41, 5.74) is 2.58. The summed E-state index contributed by atoms with van der Waals surface area (Å²) in [6, 6.07) is 5.83. The fourth-order valence-electron chi connectivity index (χ4n) is 2.45.